The van der Waals surface area contributed by atoms with Gasteiger partial charge >= 0.3 is 5.97 Å². The average Bonchev–Trinajstić information content (AvgIpc) is 2.59. The van der Waals surface area contributed by atoms with Gasteiger partial charge in [-0.2, -0.15) is 5.26 Å². The van der Waals surface area contributed by atoms with E-state index in [1.807, 2.05) is 19.1 Å². The lowest BCUT2D eigenvalue weighted by atomic mass is 10.0. The fourth-order valence-corrected chi connectivity index (χ4v) is 2.35. The Morgan fingerprint density at radius 1 is 1.30 bits per heavy atom. The SMILES string of the molecule is CCc1cc(C(Nc2ccc(C#N)cc2)C(=O)O)ccc1OC. The number of rotatable bonds is 6. The molecule has 5 nitrogen and oxygen atoms in total. The molecule has 1 atom stereocenters. The maximum absolute atomic E-state index is 11.6. The fraction of sp³-hybridized carbons (Fsp3) is 0.222. The zero-order valence-corrected chi connectivity index (χ0v) is 13.0. The number of methoxy groups -OCH3 is 1. The Morgan fingerprint density at radius 3 is 2.52 bits per heavy atom. The average molecular weight is 310 g/mol. The van der Waals surface area contributed by atoms with E-state index in [2.05, 4.69) is 5.32 Å². The fourth-order valence-electron chi connectivity index (χ4n) is 2.35. The van der Waals surface area contributed by atoms with Crippen LogP contribution in [-0.4, -0.2) is 18.2 Å². The van der Waals surface area contributed by atoms with E-state index in [1.54, 1.807) is 43.5 Å². The number of ether oxygens (including phenoxy) is 1. The highest BCUT2D eigenvalue weighted by Crippen LogP contribution is 2.26. The van der Waals surface area contributed by atoms with E-state index in [-0.39, 0.29) is 0 Å². The number of benzene rings is 2. The van der Waals surface area contributed by atoms with Crippen LogP contribution in [-0.2, 0) is 11.2 Å². The molecule has 118 valence electrons. The number of nitrogens with zero attached hydrogens (tertiary/aromatic N) is 1. The summed E-state index contributed by atoms with van der Waals surface area (Å²) in [6, 6.07) is 13.2. The highest BCUT2D eigenvalue weighted by Gasteiger charge is 2.20. The quantitative estimate of drug-likeness (QED) is 0.855. The molecule has 2 rings (SSSR count). The monoisotopic (exact) mass is 310 g/mol. The van der Waals surface area contributed by atoms with Crippen LogP contribution in [0.1, 0.15) is 29.7 Å². The predicted molar refractivity (Wildman–Crippen MR) is 87.5 cm³/mol. The second kappa shape index (κ2) is 7.32. The highest BCUT2D eigenvalue weighted by molar-refractivity contribution is 5.79. The third-order valence-corrected chi connectivity index (χ3v) is 3.59. The summed E-state index contributed by atoms with van der Waals surface area (Å²) in [7, 11) is 1.60. The van der Waals surface area contributed by atoms with Crippen LogP contribution < -0.4 is 10.1 Å². The number of aliphatic carboxylic acids is 1. The van der Waals surface area contributed by atoms with E-state index in [1.165, 1.54) is 0 Å². The minimum Gasteiger partial charge on any atom is -0.496 e. The summed E-state index contributed by atoms with van der Waals surface area (Å²) in [5.74, 6) is -0.222. The molecule has 23 heavy (non-hydrogen) atoms. The van der Waals surface area contributed by atoms with Crippen molar-refractivity contribution in [3.8, 4) is 11.8 Å². The molecule has 0 aliphatic heterocycles. The van der Waals surface area contributed by atoms with E-state index < -0.39 is 12.0 Å². The Morgan fingerprint density at radius 2 is 2.00 bits per heavy atom. The van der Waals surface area contributed by atoms with Crippen LogP contribution in [0.2, 0.25) is 0 Å². The van der Waals surface area contributed by atoms with E-state index >= 15 is 0 Å². The zero-order chi connectivity index (χ0) is 16.8. The van der Waals surface area contributed by atoms with Crippen LogP contribution in [0.15, 0.2) is 42.5 Å². The molecule has 0 aliphatic rings. The highest BCUT2D eigenvalue weighted by atomic mass is 16.5. The van der Waals surface area contributed by atoms with Crippen molar-refractivity contribution in [1.29, 1.82) is 5.26 Å². The molecule has 1 unspecified atom stereocenters. The summed E-state index contributed by atoms with van der Waals surface area (Å²) in [4.78, 5) is 11.6. The minimum absolute atomic E-state index is 0.528. The summed E-state index contributed by atoms with van der Waals surface area (Å²) >= 11 is 0. The van der Waals surface area contributed by atoms with Crippen LogP contribution in [0, 0.1) is 11.3 Å². The molecule has 0 bridgehead atoms. The first-order valence-electron chi connectivity index (χ1n) is 7.25. The van der Waals surface area contributed by atoms with Gasteiger partial charge in [-0.1, -0.05) is 13.0 Å². The number of carbonyl (C=O) groups is 1. The molecule has 0 aliphatic carbocycles. The first-order valence-corrected chi connectivity index (χ1v) is 7.25. The third-order valence-electron chi connectivity index (χ3n) is 3.59. The van der Waals surface area contributed by atoms with E-state index in [0.717, 1.165) is 17.7 Å². The van der Waals surface area contributed by atoms with Crippen molar-refractivity contribution in [2.45, 2.75) is 19.4 Å². The third kappa shape index (κ3) is 3.80. The number of hydrogen-bond acceptors (Lipinski definition) is 4. The summed E-state index contributed by atoms with van der Waals surface area (Å²) in [5, 5.41) is 21.3. The molecular formula is C18H18N2O3. The van der Waals surface area contributed by atoms with Gasteiger partial charge in [0, 0.05) is 5.69 Å². The molecule has 2 aromatic rings. The van der Waals surface area contributed by atoms with Gasteiger partial charge in [-0.3, -0.25) is 0 Å². The molecule has 5 heteroatoms. The lowest BCUT2D eigenvalue weighted by Gasteiger charge is -2.18. The molecule has 0 saturated heterocycles. The second-order valence-electron chi connectivity index (χ2n) is 5.03. The maximum Gasteiger partial charge on any atom is 0.330 e. The Balaban J connectivity index is 2.31. The first kappa shape index (κ1) is 16.4. The van der Waals surface area contributed by atoms with Crippen molar-refractivity contribution < 1.29 is 14.6 Å². The molecule has 0 heterocycles. The summed E-state index contributed by atoms with van der Waals surface area (Å²) in [6.07, 6.45) is 0.750. The molecular weight excluding hydrogens is 292 g/mol. The molecule has 2 N–H and O–H groups in total. The van der Waals surface area contributed by atoms with Crippen molar-refractivity contribution in [2.24, 2.45) is 0 Å². The summed E-state index contributed by atoms with van der Waals surface area (Å²) < 4.78 is 5.28. The van der Waals surface area contributed by atoms with Crippen molar-refractivity contribution in [3.05, 3.63) is 59.2 Å². The Kier molecular flexibility index (Phi) is 5.21. The summed E-state index contributed by atoms with van der Waals surface area (Å²) in [6.45, 7) is 1.99. The van der Waals surface area contributed by atoms with Gasteiger partial charge in [-0.05, 0) is 53.9 Å². The zero-order valence-electron chi connectivity index (χ0n) is 13.0. The van der Waals surface area contributed by atoms with Crippen molar-refractivity contribution >= 4 is 11.7 Å². The van der Waals surface area contributed by atoms with Gasteiger partial charge in [0.15, 0.2) is 6.04 Å². The molecule has 2 aromatic carbocycles. The van der Waals surface area contributed by atoms with Crippen molar-refractivity contribution in [2.75, 3.05) is 12.4 Å². The van der Waals surface area contributed by atoms with Crippen LogP contribution in [0.3, 0.4) is 0 Å². The number of carboxylic acids is 1. The van der Waals surface area contributed by atoms with Crippen LogP contribution in [0.5, 0.6) is 5.75 Å². The maximum atomic E-state index is 11.6. The van der Waals surface area contributed by atoms with E-state index in [9.17, 15) is 9.90 Å². The van der Waals surface area contributed by atoms with Gasteiger partial charge in [0.25, 0.3) is 0 Å². The number of nitrogens with one attached hydrogen (secondary N) is 1. The van der Waals surface area contributed by atoms with Gasteiger partial charge in [0.05, 0.1) is 18.7 Å². The van der Waals surface area contributed by atoms with Gasteiger partial charge in [0.2, 0.25) is 0 Å². The molecule has 0 amide bonds. The lowest BCUT2D eigenvalue weighted by Crippen LogP contribution is -2.20. The van der Waals surface area contributed by atoms with Gasteiger partial charge in [-0.25, -0.2) is 4.79 Å². The van der Waals surface area contributed by atoms with Crippen molar-refractivity contribution in [3.63, 3.8) is 0 Å². The van der Waals surface area contributed by atoms with Crippen molar-refractivity contribution in [1.82, 2.24) is 0 Å². The number of anilines is 1. The minimum atomic E-state index is -0.971. The standard InChI is InChI=1S/C18H18N2O3/c1-3-13-10-14(6-9-16(13)23-2)17(18(21)22)20-15-7-4-12(11-19)5-8-15/h4-10,17,20H,3H2,1-2H3,(H,21,22). The predicted octanol–water partition coefficient (Wildman–Crippen LogP) is 3.37. The van der Waals surface area contributed by atoms with Gasteiger partial charge in [-0.15, -0.1) is 0 Å². The topological polar surface area (TPSA) is 82.4 Å². The Labute approximate surface area is 135 Å². The molecule has 0 spiro atoms. The Hall–Kier alpha value is -3.00. The molecule has 0 radical (unpaired) electrons. The molecule has 0 fully saturated rings. The summed E-state index contributed by atoms with van der Waals surface area (Å²) in [5.41, 5.74) is 2.78. The number of aryl methyl sites for hydroxylation is 1. The van der Waals surface area contributed by atoms with Crippen LogP contribution in [0.25, 0.3) is 0 Å². The smallest absolute Gasteiger partial charge is 0.330 e. The van der Waals surface area contributed by atoms with Crippen LogP contribution in [0.4, 0.5) is 5.69 Å². The molecule has 0 aromatic heterocycles. The van der Waals surface area contributed by atoms with E-state index in [4.69, 9.17) is 10.00 Å². The van der Waals surface area contributed by atoms with Crippen LogP contribution >= 0.6 is 0 Å². The first-order chi connectivity index (χ1) is 11.1. The number of carboxylic acid groups (broad SMARTS) is 1. The number of hydrogen-bond donors (Lipinski definition) is 2. The molecule has 0 saturated carbocycles. The largest absolute Gasteiger partial charge is 0.496 e. The normalized spacial score (nSPS) is 11.3. The van der Waals surface area contributed by atoms with Gasteiger partial charge in [0.1, 0.15) is 5.75 Å². The number of nitriles is 1. The van der Waals surface area contributed by atoms with Gasteiger partial charge < -0.3 is 15.2 Å². The Bertz CT molecular complexity index is 733. The second-order valence-corrected chi connectivity index (χ2v) is 5.03. The van der Waals surface area contributed by atoms with E-state index in [0.29, 0.717) is 16.8 Å². The lowest BCUT2D eigenvalue weighted by molar-refractivity contribution is -0.138.